The Bertz CT molecular complexity index is 745. The number of carbonyl (C=O) groups excluding carboxylic acids is 1. The van der Waals surface area contributed by atoms with Crippen molar-refractivity contribution in [3.05, 3.63) is 59.9 Å². The van der Waals surface area contributed by atoms with E-state index in [-0.39, 0.29) is 12.5 Å². The van der Waals surface area contributed by atoms with Gasteiger partial charge in [0.1, 0.15) is 12.3 Å². The smallest absolute Gasteiger partial charge is 0.243 e. The van der Waals surface area contributed by atoms with Crippen molar-refractivity contribution >= 4 is 11.9 Å². The van der Waals surface area contributed by atoms with Crippen molar-refractivity contribution in [2.24, 2.45) is 4.99 Å². The number of hydrogen-bond acceptors (Lipinski definition) is 4. The number of methoxy groups -OCH3 is 1. The number of rotatable bonds is 9. The average Bonchev–Trinajstić information content (AvgIpc) is 2.72. The van der Waals surface area contributed by atoms with Gasteiger partial charge < -0.3 is 20.3 Å². The highest BCUT2D eigenvalue weighted by atomic mass is 16.5. The molecule has 0 spiro atoms. The molecule has 150 valence electrons. The van der Waals surface area contributed by atoms with Gasteiger partial charge in [0, 0.05) is 45.5 Å². The van der Waals surface area contributed by atoms with E-state index in [1.165, 1.54) is 10.5 Å². The van der Waals surface area contributed by atoms with Crippen LogP contribution in [0.4, 0.5) is 0 Å². The van der Waals surface area contributed by atoms with E-state index in [0.717, 1.165) is 24.3 Å². The molecule has 7 heteroatoms. The predicted molar refractivity (Wildman–Crippen MR) is 112 cm³/mol. The van der Waals surface area contributed by atoms with Gasteiger partial charge in [0.15, 0.2) is 5.96 Å². The number of ether oxygens (including phenoxy) is 1. The van der Waals surface area contributed by atoms with Gasteiger partial charge in [-0.2, -0.15) is 0 Å². The van der Waals surface area contributed by atoms with Gasteiger partial charge in [0.25, 0.3) is 0 Å². The fraction of sp³-hybridized carbons (Fsp3) is 0.381. The normalized spacial score (nSPS) is 11.0. The first-order valence-electron chi connectivity index (χ1n) is 9.33. The Labute approximate surface area is 166 Å². The van der Waals surface area contributed by atoms with Crippen molar-refractivity contribution < 1.29 is 9.53 Å². The lowest BCUT2D eigenvalue weighted by Gasteiger charge is -2.14. The number of aromatic nitrogens is 1. The van der Waals surface area contributed by atoms with Gasteiger partial charge in [0.2, 0.25) is 5.91 Å². The molecule has 0 unspecified atom stereocenters. The lowest BCUT2D eigenvalue weighted by atomic mass is 10.1. The van der Waals surface area contributed by atoms with E-state index < -0.39 is 0 Å². The number of nitrogens with one attached hydrogen (secondary N) is 2. The highest BCUT2D eigenvalue weighted by molar-refractivity contribution is 5.84. The molecule has 2 N–H and O–H groups in total. The van der Waals surface area contributed by atoms with Gasteiger partial charge in [-0.3, -0.25) is 9.78 Å². The summed E-state index contributed by atoms with van der Waals surface area (Å²) in [5.41, 5.74) is 2.21. The second-order valence-electron chi connectivity index (χ2n) is 6.48. The Balaban J connectivity index is 1.86. The summed E-state index contributed by atoms with van der Waals surface area (Å²) in [6.07, 6.45) is 3.40. The summed E-state index contributed by atoms with van der Waals surface area (Å²) >= 11 is 0. The number of amides is 1. The van der Waals surface area contributed by atoms with Crippen LogP contribution in [0.1, 0.15) is 11.3 Å². The summed E-state index contributed by atoms with van der Waals surface area (Å²) in [7, 11) is 5.11. The SMILES string of the molecule is COc1ccc(CCNC(=NCC(=O)N(C)C)NCCc2ccccn2)cc1. The first kappa shape index (κ1) is 21.2. The molecule has 0 aliphatic carbocycles. The molecular formula is C21H29N5O2. The molecule has 0 fully saturated rings. The molecule has 0 aliphatic heterocycles. The van der Waals surface area contributed by atoms with E-state index in [1.54, 1.807) is 27.4 Å². The Hall–Kier alpha value is -3.09. The molecule has 0 saturated carbocycles. The van der Waals surface area contributed by atoms with Gasteiger partial charge in [-0.15, -0.1) is 0 Å². The minimum Gasteiger partial charge on any atom is -0.497 e. The molecule has 2 rings (SSSR count). The third kappa shape index (κ3) is 7.65. The van der Waals surface area contributed by atoms with Gasteiger partial charge >= 0.3 is 0 Å². The van der Waals surface area contributed by atoms with Gasteiger partial charge in [-0.1, -0.05) is 18.2 Å². The number of likely N-dealkylation sites (N-methyl/N-ethyl adjacent to an activating group) is 1. The van der Waals surface area contributed by atoms with E-state index in [0.29, 0.717) is 19.0 Å². The summed E-state index contributed by atoms with van der Waals surface area (Å²) in [4.78, 5) is 22.1. The third-order valence-electron chi connectivity index (χ3n) is 4.14. The second kappa shape index (κ2) is 11.6. The van der Waals surface area contributed by atoms with E-state index in [4.69, 9.17) is 4.74 Å². The number of aliphatic imine (C=N–C) groups is 1. The van der Waals surface area contributed by atoms with E-state index in [1.807, 2.05) is 42.5 Å². The molecule has 0 aliphatic rings. The topological polar surface area (TPSA) is 78.8 Å². The second-order valence-corrected chi connectivity index (χ2v) is 6.48. The zero-order valence-corrected chi connectivity index (χ0v) is 16.8. The van der Waals surface area contributed by atoms with Crippen LogP contribution in [-0.2, 0) is 17.6 Å². The highest BCUT2D eigenvalue weighted by Gasteiger charge is 2.05. The van der Waals surface area contributed by atoms with Crippen molar-refractivity contribution in [2.75, 3.05) is 40.8 Å². The first-order valence-corrected chi connectivity index (χ1v) is 9.33. The molecule has 0 atom stereocenters. The molecule has 28 heavy (non-hydrogen) atoms. The third-order valence-corrected chi connectivity index (χ3v) is 4.14. The number of carbonyl (C=O) groups is 1. The van der Waals surface area contributed by atoms with Crippen LogP contribution in [0.25, 0.3) is 0 Å². The molecule has 0 radical (unpaired) electrons. The minimum absolute atomic E-state index is 0.0408. The van der Waals surface area contributed by atoms with E-state index in [9.17, 15) is 4.79 Å². The zero-order valence-electron chi connectivity index (χ0n) is 16.8. The average molecular weight is 383 g/mol. The number of benzene rings is 1. The van der Waals surface area contributed by atoms with Crippen molar-refractivity contribution in [1.82, 2.24) is 20.5 Å². The Kier molecular flexibility index (Phi) is 8.78. The van der Waals surface area contributed by atoms with Crippen molar-refractivity contribution in [3.8, 4) is 5.75 Å². The first-order chi connectivity index (χ1) is 13.6. The van der Waals surface area contributed by atoms with Crippen LogP contribution in [0.3, 0.4) is 0 Å². The maximum atomic E-state index is 11.8. The standard InChI is InChI=1S/C21H29N5O2/c1-26(2)20(27)16-25-21(24-15-12-18-6-4-5-13-22-18)23-14-11-17-7-9-19(28-3)10-8-17/h4-10,13H,11-12,14-16H2,1-3H3,(H2,23,24,25). The fourth-order valence-corrected chi connectivity index (χ4v) is 2.43. The summed E-state index contributed by atoms with van der Waals surface area (Å²) < 4.78 is 5.18. The van der Waals surface area contributed by atoms with Gasteiger partial charge in [-0.05, 0) is 36.2 Å². The quantitative estimate of drug-likeness (QED) is 0.507. The van der Waals surface area contributed by atoms with E-state index >= 15 is 0 Å². The van der Waals surface area contributed by atoms with Crippen LogP contribution < -0.4 is 15.4 Å². The lowest BCUT2D eigenvalue weighted by Crippen LogP contribution is -2.40. The van der Waals surface area contributed by atoms with Gasteiger partial charge in [0.05, 0.1) is 7.11 Å². The molecule has 0 bridgehead atoms. The monoisotopic (exact) mass is 383 g/mol. The van der Waals surface area contributed by atoms with Crippen LogP contribution in [0.2, 0.25) is 0 Å². The number of guanidine groups is 1. The van der Waals surface area contributed by atoms with Crippen LogP contribution in [-0.4, -0.2) is 62.6 Å². The summed E-state index contributed by atoms with van der Waals surface area (Å²) in [6, 6.07) is 13.8. The zero-order chi connectivity index (χ0) is 20.2. The number of nitrogens with zero attached hydrogens (tertiary/aromatic N) is 3. The van der Waals surface area contributed by atoms with Crippen LogP contribution in [0, 0.1) is 0 Å². The van der Waals surface area contributed by atoms with E-state index in [2.05, 4.69) is 20.6 Å². The number of pyridine rings is 1. The van der Waals surface area contributed by atoms with Crippen LogP contribution >= 0.6 is 0 Å². The summed E-state index contributed by atoms with van der Waals surface area (Å²) in [5, 5.41) is 6.57. The molecule has 2 aromatic rings. The Morgan fingerprint density at radius 3 is 2.39 bits per heavy atom. The van der Waals surface area contributed by atoms with Crippen molar-refractivity contribution in [1.29, 1.82) is 0 Å². The van der Waals surface area contributed by atoms with Crippen molar-refractivity contribution in [3.63, 3.8) is 0 Å². The largest absolute Gasteiger partial charge is 0.497 e. The highest BCUT2D eigenvalue weighted by Crippen LogP contribution is 2.11. The molecule has 0 saturated heterocycles. The molecule has 7 nitrogen and oxygen atoms in total. The lowest BCUT2D eigenvalue weighted by molar-refractivity contribution is -0.127. The fourth-order valence-electron chi connectivity index (χ4n) is 2.43. The van der Waals surface area contributed by atoms with Crippen molar-refractivity contribution in [2.45, 2.75) is 12.8 Å². The Morgan fingerprint density at radius 2 is 1.79 bits per heavy atom. The van der Waals surface area contributed by atoms with Crippen LogP contribution in [0.15, 0.2) is 53.7 Å². The van der Waals surface area contributed by atoms with Crippen LogP contribution in [0.5, 0.6) is 5.75 Å². The molecule has 1 aromatic carbocycles. The minimum atomic E-state index is -0.0408. The Morgan fingerprint density at radius 1 is 1.07 bits per heavy atom. The predicted octanol–water partition coefficient (Wildman–Crippen LogP) is 1.50. The molecule has 1 heterocycles. The maximum Gasteiger partial charge on any atom is 0.243 e. The number of hydrogen-bond donors (Lipinski definition) is 2. The molecule has 1 aromatic heterocycles. The molecule has 1 amide bonds. The maximum absolute atomic E-state index is 11.8. The summed E-state index contributed by atoms with van der Waals surface area (Å²) in [6.45, 7) is 1.49. The van der Waals surface area contributed by atoms with Gasteiger partial charge in [-0.25, -0.2) is 4.99 Å². The summed E-state index contributed by atoms with van der Waals surface area (Å²) in [5.74, 6) is 1.43. The molecular weight excluding hydrogens is 354 g/mol.